The lowest BCUT2D eigenvalue weighted by Gasteiger charge is -2.01. The van der Waals surface area contributed by atoms with Gasteiger partial charge in [-0.15, -0.1) is 10.2 Å². The van der Waals surface area contributed by atoms with Gasteiger partial charge >= 0.3 is 0 Å². The van der Waals surface area contributed by atoms with E-state index in [9.17, 15) is 9.59 Å². The molecule has 4 rings (SSSR count). The number of ether oxygens (including phenoxy) is 1. The molecule has 142 valence electrons. The summed E-state index contributed by atoms with van der Waals surface area (Å²) in [6, 6.07) is 15.0. The Hall–Kier alpha value is -3.04. The lowest BCUT2D eigenvalue weighted by atomic mass is 10.1. The molecule has 0 aliphatic rings. The van der Waals surface area contributed by atoms with Gasteiger partial charge in [0, 0.05) is 6.42 Å². The SMILES string of the molecule is COc1ccc(Cc2nnc(NC(=O)Cn3sc4ccccc4c3=O)s2)cc1. The molecule has 4 aromatic rings. The van der Waals surface area contributed by atoms with Gasteiger partial charge in [0.2, 0.25) is 11.0 Å². The Labute approximate surface area is 168 Å². The van der Waals surface area contributed by atoms with Crippen LogP contribution in [0.2, 0.25) is 0 Å². The molecule has 7 nitrogen and oxygen atoms in total. The number of nitrogens with zero attached hydrogens (tertiary/aromatic N) is 3. The molecule has 2 aromatic carbocycles. The average Bonchev–Trinajstić information content (AvgIpc) is 3.27. The molecule has 0 fully saturated rings. The van der Waals surface area contributed by atoms with Gasteiger partial charge in [0.25, 0.3) is 5.56 Å². The first-order valence-electron chi connectivity index (χ1n) is 8.46. The predicted octanol–water partition coefficient (Wildman–Crippen LogP) is 3.15. The summed E-state index contributed by atoms with van der Waals surface area (Å²) in [6.07, 6.45) is 0.618. The van der Waals surface area contributed by atoms with Gasteiger partial charge in [0.05, 0.1) is 17.2 Å². The zero-order chi connectivity index (χ0) is 19.5. The molecule has 0 radical (unpaired) electrons. The van der Waals surface area contributed by atoms with Gasteiger partial charge < -0.3 is 4.74 Å². The lowest BCUT2D eigenvalue weighted by Crippen LogP contribution is -2.23. The second-order valence-corrected chi connectivity index (χ2v) is 8.13. The standard InChI is InChI=1S/C19H16N4O3S2/c1-26-13-8-6-12(7-9-13)10-17-21-22-19(27-17)20-16(24)11-23-18(25)14-4-2-3-5-15(14)28-23/h2-9H,10-11H2,1H3,(H,20,22,24). The minimum Gasteiger partial charge on any atom is -0.497 e. The number of carbonyl (C=O) groups excluding carboxylic acids is 1. The van der Waals surface area contributed by atoms with Gasteiger partial charge in [-0.05, 0) is 29.8 Å². The van der Waals surface area contributed by atoms with Gasteiger partial charge in [0.1, 0.15) is 17.3 Å². The van der Waals surface area contributed by atoms with Crippen LogP contribution in [-0.4, -0.2) is 27.2 Å². The number of hydrogen-bond acceptors (Lipinski definition) is 7. The van der Waals surface area contributed by atoms with Gasteiger partial charge in [-0.3, -0.25) is 18.9 Å². The third kappa shape index (κ3) is 3.95. The highest BCUT2D eigenvalue weighted by molar-refractivity contribution is 7.15. The molecule has 0 bridgehead atoms. The number of aromatic nitrogens is 3. The van der Waals surface area contributed by atoms with Crippen LogP contribution in [0.1, 0.15) is 10.6 Å². The van der Waals surface area contributed by atoms with Crippen molar-refractivity contribution in [1.29, 1.82) is 0 Å². The number of rotatable bonds is 6. The van der Waals surface area contributed by atoms with Gasteiger partial charge in [0.15, 0.2) is 0 Å². The number of carbonyl (C=O) groups is 1. The lowest BCUT2D eigenvalue weighted by molar-refractivity contribution is -0.116. The number of benzene rings is 2. The van der Waals surface area contributed by atoms with Crippen molar-refractivity contribution in [2.24, 2.45) is 0 Å². The molecular formula is C19H16N4O3S2. The van der Waals surface area contributed by atoms with E-state index in [1.807, 2.05) is 42.5 Å². The Morgan fingerprint density at radius 2 is 1.93 bits per heavy atom. The van der Waals surface area contributed by atoms with Crippen molar-refractivity contribution in [3.8, 4) is 5.75 Å². The van der Waals surface area contributed by atoms with Crippen LogP contribution < -0.4 is 15.6 Å². The molecule has 0 saturated heterocycles. The third-order valence-electron chi connectivity index (χ3n) is 4.07. The Morgan fingerprint density at radius 1 is 1.14 bits per heavy atom. The first kappa shape index (κ1) is 18.3. The highest BCUT2D eigenvalue weighted by Gasteiger charge is 2.13. The zero-order valence-corrected chi connectivity index (χ0v) is 16.5. The molecule has 0 aliphatic carbocycles. The molecule has 0 saturated carbocycles. The van der Waals surface area contributed by atoms with E-state index in [1.54, 1.807) is 13.2 Å². The van der Waals surface area contributed by atoms with Crippen LogP contribution >= 0.6 is 22.9 Å². The smallest absolute Gasteiger partial charge is 0.268 e. The summed E-state index contributed by atoms with van der Waals surface area (Å²) in [6.45, 7) is -0.0500. The highest BCUT2D eigenvalue weighted by Crippen LogP contribution is 2.21. The molecule has 28 heavy (non-hydrogen) atoms. The van der Waals surface area contributed by atoms with Crippen molar-refractivity contribution < 1.29 is 9.53 Å². The summed E-state index contributed by atoms with van der Waals surface area (Å²) in [7, 11) is 1.63. The van der Waals surface area contributed by atoms with Crippen molar-refractivity contribution in [3.63, 3.8) is 0 Å². The van der Waals surface area contributed by atoms with E-state index in [2.05, 4.69) is 15.5 Å². The molecule has 0 atom stereocenters. The minimum atomic E-state index is -0.305. The van der Waals surface area contributed by atoms with Crippen molar-refractivity contribution in [3.05, 3.63) is 69.5 Å². The Morgan fingerprint density at radius 3 is 2.68 bits per heavy atom. The Balaban J connectivity index is 1.40. The number of methoxy groups -OCH3 is 1. The first-order chi connectivity index (χ1) is 13.6. The van der Waals surface area contributed by atoms with E-state index >= 15 is 0 Å². The maximum absolute atomic E-state index is 12.3. The summed E-state index contributed by atoms with van der Waals surface area (Å²) >= 11 is 2.59. The summed E-state index contributed by atoms with van der Waals surface area (Å²) in [4.78, 5) is 24.6. The van der Waals surface area contributed by atoms with E-state index in [4.69, 9.17) is 4.74 Å². The molecule has 2 aromatic heterocycles. The average molecular weight is 412 g/mol. The molecule has 0 unspecified atom stereocenters. The maximum atomic E-state index is 12.3. The normalized spacial score (nSPS) is 10.9. The number of amides is 1. The van der Waals surface area contributed by atoms with Crippen molar-refractivity contribution in [1.82, 2.24) is 14.2 Å². The summed E-state index contributed by atoms with van der Waals surface area (Å²) in [5.41, 5.74) is 0.917. The molecule has 0 spiro atoms. The van der Waals surface area contributed by atoms with Crippen molar-refractivity contribution in [2.75, 3.05) is 12.4 Å². The molecule has 9 heteroatoms. The third-order valence-corrected chi connectivity index (χ3v) is 5.97. The molecule has 1 amide bonds. The van der Waals surface area contributed by atoms with Gasteiger partial charge in [-0.2, -0.15) is 0 Å². The van der Waals surface area contributed by atoms with Crippen LogP contribution in [0.4, 0.5) is 5.13 Å². The molecule has 0 aliphatic heterocycles. The number of anilines is 1. The maximum Gasteiger partial charge on any atom is 0.268 e. The summed E-state index contributed by atoms with van der Waals surface area (Å²) in [5.74, 6) is 0.492. The van der Waals surface area contributed by atoms with Crippen molar-refractivity contribution >= 4 is 44.0 Å². The summed E-state index contributed by atoms with van der Waals surface area (Å²) < 4.78 is 7.45. The molecular weight excluding hydrogens is 396 g/mol. The van der Waals surface area contributed by atoms with Crippen LogP contribution in [0.25, 0.3) is 10.1 Å². The van der Waals surface area contributed by atoms with Crippen molar-refractivity contribution in [2.45, 2.75) is 13.0 Å². The van der Waals surface area contributed by atoms with Crippen LogP contribution in [0, 0.1) is 0 Å². The van der Waals surface area contributed by atoms with Crippen LogP contribution in [-0.2, 0) is 17.8 Å². The molecule has 1 N–H and O–H groups in total. The summed E-state index contributed by atoms with van der Waals surface area (Å²) in [5, 5.41) is 12.7. The van der Waals surface area contributed by atoms with E-state index in [1.165, 1.54) is 26.8 Å². The minimum absolute atomic E-state index is 0.0500. The largest absolute Gasteiger partial charge is 0.497 e. The van der Waals surface area contributed by atoms with Crippen LogP contribution in [0.15, 0.2) is 53.3 Å². The predicted molar refractivity (Wildman–Crippen MR) is 110 cm³/mol. The van der Waals surface area contributed by atoms with E-state index in [0.29, 0.717) is 16.9 Å². The van der Waals surface area contributed by atoms with E-state index < -0.39 is 0 Å². The van der Waals surface area contributed by atoms with E-state index in [0.717, 1.165) is 21.0 Å². The first-order valence-corrected chi connectivity index (χ1v) is 10.1. The monoisotopic (exact) mass is 412 g/mol. The second kappa shape index (κ2) is 7.91. The quantitative estimate of drug-likeness (QED) is 0.526. The number of fused-ring (bicyclic) bond motifs is 1. The van der Waals surface area contributed by atoms with Crippen LogP contribution in [0.5, 0.6) is 5.75 Å². The fourth-order valence-corrected chi connectivity index (χ4v) is 4.49. The second-order valence-electron chi connectivity index (χ2n) is 6.00. The number of hydrogen-bond donors (Lipinski definition) is 1. The fraction of sp³-hybridized carbons (Fsp3) is 0.158. The topological polar surface area (TPSA) is 86.1 Å². The van der Waals surface area contributed by atoms with E-state index in [-0.39, 0.29) is 18.0 Å². The van der Waals surface area contributed by atoms with Gasteiger partial charge in [-0.1, -0.05) is 47.1 Å². The number of nitrogens with one attached hydrogen (secondary N) is 1. The van der Waals surface area contributed by atoms with Crippen LogP contribution in [0.3, 0.4) is 0 Å². The highest BCUT2D eigenvalue weighted by atomic mass is 32.1. The fourth-order valence-electron chi connectivity index (χ4n) is 2.70. The Bertz CT molecular complexity index is 1180. The molecule has 2 heterocycles. The van der Waals surface area contributed by atoms with Gasteiger partial charge in [-0.25, -0.2) is 0 Å². The zero-order valence-electron chi connectivity index (χ0n) is 14.9. The Kier molecular flexibility index (Phi) is 5.18.